The molecule has 21 heavy (non-hydrogen) atoms. The third-order valence-electron chi connectivity index (χ3n) is 3.87. The lowest BCUT2D eigenvalue weighted by Gasteiger charge is -2.28. The molecule has 0 saturated heterocycles. The van der Waals surface area contributed by atoms with Crippen molar-refractivity contribution in [1.29, 1.82) is 0 Å². The summed E-state index contributed by atoms with van der Waals surface area (Å²) < 4.78 is 6.82. The van der Waals surface area contributed by atoms with Gasteiger partial charge in [-0.1, -0.05) is 30.3 Å². The maximum absolute atomic E-state index is 11.9. The number of aromatic nitrogens is 2. The van der Waals surface area contributed by atoms with Crippen molar-refractivity contribution >= 4 is 5.97 Å². The molecule has 0 aliphatic carbocycles. The van der Waals surface area contributed by atoms with Crippen molar-refractivity contribution in [1.82, 2.24) is 14.7 Å². The van der Waals surface area contributed by atoms with Crippen LogP contribution in [-0.2, 0) is 24.4 Å². The first-order valence-electron chi connectivity index (χ1n) is 7.10. The van der Waals surface area contributed by atoms with Gasteiger partial charge in [-0.2, -0.15) is 5.10 Å². The van der Waals surface area contributed by atoms with Crippen LogP contribution in [0.5, 0.6) is 0 Å². The fourth-order valence-corrected chi connectivity index (χ4v) is 2.85. The van der Waals surface area contributed by atoms with Gasteiger partial charge in [-0.25, -0.2) is 4.79 Å². The van der Waals surface area contributed by atoms with Gasteiger partial charge in [0.05, 0.1) is 25.0 Å². The van der Waals surface area contributed by atoms with Crippen molar-refractivity contribution in [2.75, 3.05) is 13.7 Å². The molecule has 1 aromatic heterocycles. The predicted octanol–water partition coefficient (Wildman–Crippen LogP) is 1.99. The summed E-state index contributed by atoms with van der Waals surface area (Å²) in [7, 11) is 1.41. The van der Waals surface area contributed by atoms with Crippen LogP contribution >= 0.6 is 0 Å². The van der Waals surface area contributed by atoms with Crippen molar-refractivity contribution in [2.24, 2.45) is 0 Å². The number of hydrogen-bond acceptors (Lipinski definition) is 4. The topological polar surface area (TPSA) is 47.4 Å². The number of carbonyl (C=O) groups excluding carboxylic acids is 1. The highest BCUT2D eigenvalue weighted by Crippen LogP contribution is 2.22. The van der Waals surface area contributed by atoms with Gasteiger partial charge in [-0.05, 0) is 12.5 Å². The zero-order valence-corrected chi connectivity index (χ0v) is 12.4. The second-order valence-electron chi connectivity index (χ2n) is 5.32. The number of ether oxygens (including phenoxy) is 1. The van der Waals surface area contributed by atoms with E-state index >= 15 is 0 Å². The summed E-state index contributed by atoms with van der Waals surface area (Å²) in [6.45, 7) is 5.20. The Labute approximate surface area is 124 Å². The Morgan fingerprint density at radius 2 is 2.05 bits per heavy atom. The third kappa shape index (κ3) is 2.69. The Bertz CT molecular complexity index is 649. The number of hydrogen-bond donors (Lipinski definition) is 0. The van der Waals surface area contributed by atoms with E-state index in [2.05, 4.69) is 22.1 Å². The van der Waals surface area contributed by atoms with Gasteiger partial charge in [0.25, 0.3) is 0 Å². The molecule has 1 aliphatic heterocycles. The number of nitrogens with zero attached hydrogens (tertiary/aromatic N) is 3. The van der Waals surface area contributed by atoms with E-state index in [0.29, 0.717) is 5.56 Å². The number of esters is 1. The number of carbonyl (C=O) groups is 1. The lowest BCUT2D eigenvalue weighted by atomic mass is 10.1. The summed E-state index contributed by atoms with van der Waals surface area (Å²) in [5.74, 6) is -0.296. The smallest absolute Gasteiger partial charge is 0.341 e. The predicted molar refractivity (Wildman–Crippen MR) is 78.9 cm³/mol. The van der Waals surface area contributed by atoms with E-state index in [1.807, 2.05) is 29.8 Å². The Hall–Kier alpha value is -2.14. The van der Waals surface area contributed by atoms with Gasteiger partial charge in [0.15, 0.2) is 0 Å². The van der Waals surface area contributed by atoms with Gasteiger partial charge in [-0.3, -0.25) is 9.58 Å². The zero-order valence-electron chi connectivity index (χ0n) is 12.4. The fraction of sp³-hybridized carbons (Fsp3) is 0.375. The van der Waals surface area contributed by atoms with Gasteiger partial charge >= 0.3 is 5.97 Å². The van der Waals surface area contributed by atoms with E-state index in [1.54, 1.807) is 0 Å². The van der Waals surface area contributed by atoms with Crippen LogP contribution in [0.3, 0.4) is 0 Å². The van der Waals surface area contributed by atoms with Crippen LogP contribution in [0.25, 0.3) is 0 Å². The Kier molecular flexibility index (Phi) is 3.75. The molecular formula is C16H19N3O2. The van der Waals surface area contributed by atoms with Crippen LogP contribution in [0, 0.1) is 6.92 Å². The van der Waals surface area contributed by atoms with E-state index in [4.69, 9.17) is 4.74 Å². The maximum Gasteiger partial charge on any atom is 0.341 e. The minimum Gasteiger partial charge on any atom is -0.465 e. The van der Waals surface area contributed by atoms with Crippen LogP contribution in [0.1, 0.15) is 27.3 Å². The van der Waals surface area contributed by atoms with Gasteiger partial charge in [-0.15, -0.1) is 0 Å². The Morgan fingerprint density at radius 3 is 2.76 bits per heavy atom. The van der Waals surface area contributed by atoms with Crippen LogP contribution in [-0.4, -0.2) is 34.3 Å². The first-order valence-corrected chi connectivity index (χ1v) is 7.10. The van der Waals surface area contributed by atoms with Crippen LogP contribution in [0.15, 0.2) is 30.3 Å². The SMILES string of the molecule is COC(=O)c1c(C)nn2c1CN(Cc1ccccc1)CC2. The number of fused-ring (bicyclic) bond motifs is 1. The van der Waals surface area contributed by atoms with Crippen molar-refractivity contribution in [2.45, 2.75) is 26.6 Å². The molecule has 0 bridgehead atoms. The van der Waals surface area contributed by atoms with E-state index in [-0.39, 0.29) is 5.97 Å². The second kappa shape index (κ2) is 5.69. The second-order valence-corrected chi connectivity index (χ2v) is 5.32. The minimum atomic E-state index is -0.296. The molecule has 1 aliphatic rings. The Morgan fingerprint density at radius 1 is 1.29 bits per heavy atom. The molecule has 0 unspecified atom stereocenters. The van der Waals surface area contributed by atoms with Crippen LogP contribution < -0.4 is 0 Å². The summed E-state index contributed by atoms with van der Waals surface area (Å²) in [5.41, 5.74) is 3.61. The molecular weight excluding hydrogens is 266 g/mol. The highest BCUT2D eigenvalue weighted by atomic mass is 16.5. The number of rotatable bonds is 3. The highest BCUT2D eigenvalue weighted by molar-refractivity contribution is 5.91. The van der Waals surface area contributed by atoms with E-state index in [9.17, 15) is 4.79 Å². The third-order valence-corrected chi connectivity index (χ3v) is 3.87. The molecule has 0 saturated carbocycles. The van der Waals surface area contributed by atoms with E-state index in [0.717, 1.165) is 37.6 Å². The zero-order chi connectivity index (χ0) is 14.8. The van der Waals surface area contributed by atoms with Gasteiger partial charge < -0.3 is 4.74 Å². The molecule has 1 aromatic carbocycles. The minimum absolute atomic E-state index is 0.296. The lowest BCUT2D eigenvalue weighted by Crippen LogP contribution is -2.34. The summed E-state index contributed by atoms with van der Waals surface area (Å²) in [6.07, 6.45) is 0. The Balaban J connectivity index is 1.83. The molecule has 5 heteroatoms. The normalized spacial score (nSPS) is 14.8. The summed E-state index contributed by atoms with van der Waals surface area (Å²) in [5, 5.41) is 4.45. The average Bonchev–Trinajstić information content (AvgIpc) is 2.83. The average molecular weight is 285 g/mol. The lowest BCUT2D eigenvalue weighted by molar-refractivity contribution is 0.0595. The molecule has 2 aromatic rings. The molecule has 3 rings (SSSR count). The molecule has 0 radical (unpaired) electrons. The van der Waals surface area contributed by atoms with Gasteiger partial charge in [0.2, 0.25) is 0 Å². The number of benzene rings is 1. The van der Waals surface area contributed by atoms with E-state index in [1.165, 1.54) is 12.7 Å². The van der Waals surface area contributed by atoms with Crippen LogP contribution in [0.4, 0.5) is 0 Å². The van der Waals surface area contributed by atoms with Crippen LogP contribution in [0.2, 0.25) is 0 Å². The molecule has 0 spiro atoms. The summed E-state index contributed by atoms with van der Waals surface area (Å²) in [6, 6.07) is 10.4. The molecule has 5 nitrogen and oxygen atoms in total. The molecule has 0 fully saturated rings. The first kappa shape index (κ1) is 13.8. The van der Waals surface area contributed by atoms with Crippen molar-refractivity contribution in [3.8, 4) is 0 Å². The first-order chi connectivity index (χ1) is 10.2. The van der Waals surface area contributed by atoms with Crippen molar-refractivity contribution in [3.63, 3.8) is 0 Å². The van der Waals surface area contributed by atoms with Crippen molar-refractivity contribution in [3.05, 3.63) is 52.8 Å². The van der Waals surface area contributed by atoms with E-state index < -0.39 is 0 Å². The standard InChI is InChI=1S/C16H19N3O2/c1-12-15(16(20)21-2)14-11-18(8-9-19(14)17-12)10-13-6-4-3-5-7-13/h3-7H,8-11H2,1-2H3. The molecule has 0 amide bonds. The molecule has 2 heterocycles. The summed E-state index contributed by atoms with van der Waals surface area (Å²) in [4.78, 5) is 14.3. The molecule has 0 N–H and O–H groups in total. The number of methoxy groups -OCH3 is 1. The van der Waals surface area contributed by atoms with Crippen molar-refractivity contribution < 1.29 is 9.53 Å². The quantitative estimate of drug-likeness (QED) is 0.809. The monoisotopic (exact) mass is 285 g/mol. The summed E-state index contributed by atoms with van der Waals surface area (Å²) >= 11 is 0. The fourth-order valence-electron chi connectivity index (χ4n) is 2.85. The van der Waals surface area contributed by atoms with Gasteiger partial charge in [0.1, 0.15) is 5.56 Å². The highest BCUT2D eigenvalue weighted by Gasteiger charge is 2.26. The molecule has 0 atom stereocenters. The van der Waals surface area contributed by atoms with Gasteiger partial charge in [0, 0.05) is 19.6 Å². The number of aryl methyl sites for hydroxylation is 1. The maximum atomic E-state index is 11.9. The largest absolute Gasteiger partial charge is 0.465 e. The molecule has 110 valence electrons.